The van der Waals surface area contributed by atoms with Gasteiger partial charge in [-0.2, -0.15) is 0 Å². The Hall–Kier alpha value is -2.24. The maximum atomic E-state index is 11.1. The fraction of sp³-hybridized carbons (Fsp3) is 0.478. The van der Waals surface area contributed by atoms with Crippen LogP contribution in [0.25, 0.3) is 0 Å². The molecule has 2 aromatic rings. The van der Waals surface area contributed by atoms with E-state index in [-0.39, 0.29) is 5.91 Å². The summed E-state index contributed by atoms with van der Waals surface area (Å²) in [6.07, 6.45) is 5.40. The quantitative estimate of drug-likeness (QED) is 0.810. The van der Waals surface area contributed by atoms with E-state index in [1.807, 2.05) is 36.5 Å². The number of nitrogens with one attached hydrogen (secondary N) is 1. The van der Waals surface area contributed by atoms with E-state index in [1.54, 1.807) is 0 Å². The van der Waals surface area contributed by atoms with Crippen LogP contribution < -0.4 is 5.32 Å². The van der Waals surface area contributed by atoms with Crippen molar-refractivity contribution in [3.8, 4) is 0 Å². The van der Waals surface area contributed by atoms with E-state index in [1.165, 1.54) is 18.1 Å². The molecule has 1 aliphatic heterocycles. The van der Waals surface area contributed by atoms with Gasteiger partial charge in [-0.1, -0.05) is 36.4 Å². The highest BCUT2D eigenvalue weighted by atomic mass is 16.3. The third kappa shape index (κ3) is 4.59. The van der Waals surface area contributed by atoms with Gasteiger partial charge in [0, 0.05) is 39.2 Å². The fourth-order valence-electron chi connectivity index (χ4n) is 4.97. The molecule has 1 aromatic carbocycles. The van der Waals surface area contributed by atoms with E-state index >= 15 is 0 Å². The SMILES string of the molecule is CC(=O)Nc1ccc(CCN2CC3CC(O)(Cc4ccccc4)CC3C2)cn1. The number of nitrogens with zero attached hydrogens (tertiary/aromatic N) is 2. The molecule has 2 heterocycles. The van der Waals surface area contributed by atoms with Crippen molar-refractivity contribution in [3.05, 3.63) is 59.8 Å². The van der Waals surface area contributed by atoms with Crippen molar-refractivity contribution in [2.45, 2.75) is 38.2 Å². The molecule has 28 heavy (non-hydrogen) atoms. The summed E-state index contributed by atoms with van der Waals surface area (Å²) in [6, 6.07) is 14.2. The highest BCUT2D eigenvalue weighted by molar-refractivity contribution is 5.87. The molecule has 2 N–H and O–H groups in total. The lowest BCUT2D eigenvalue weighted by atomic mass is 9.91. The Morgan fingerprint density at radius 2 is 1.86 bits per heavy atom. The van der Waals surface area contributed by atoms with Crippen molar-refractivity contribution in [2.75, 3.05) is 25.0 Å². The number of aromatic nitrogens is 1. The van der Waals surface area contributed by atoms with Gasteiger partial charge in [-0.3, -0.25) is 4.79 Å². The first-order valence-corrected chi connectivity index (χ1v) is 10.2. The molecule has 2 unspecified atom stereocenters. The topological polar surface area (TPSA) is 65.5 Å². The average Bonchev–Trinajstić information content (AvgIpc) is 3.15. The standard InChI is InChI=1S/C23H29N3O2/c1-17(27)25-22-8-7-19(14-24-22)9-10-26-15-20-12-23(28,13-21(20)16-26)11-18-5-3-2-4-6-18/h2-8,14,20-21,28H,9-13,15-16H2,1H3,(H,24,25,27). The molecule has 0 bridgehead atoms. The van der Waals surface area contributed by atoms with E-state index in [9.17, 15) is 9.90 Å². The molecule has 5 heteroatoms. The van der Waals surface area contributed by atoms with Gasteiger partial charge in [0.1, 0.15) is 5.82 Å². The lowest BCUT2D eigenvalue weighted by Gasteiger charge is -2.26. The van der Waals surface area contributed by atoms with Crippen LogP contribution in [0.15, 0.2) is 48.7 Å². The number of fused-ring (bicyclic) bond motifs is 1. The van der Waals surface area contributed by atoms with E-state index in [0.29, 0.717) is 17.7 Å². The van der Waals surface area contributed by atoms with E-state index < -0.39 is 5.60 Å². The van der Waals surface area contributed by atoms with Crippen molar-refractivity contribution in [1.29, 1.82) is 0 Å². The molecular weight excluding hydrogens is 350 g/mol. The molecular formula is C23H29N3O2. The molecule has 4 rings (SSSR count). The van der Waals surface area contributed by atoms with Crippen LogP contribution in [0.3, 0.4) is 0 Å². The zero-order valence-corrected chi connectivity index (χ0v) is 16.5. The number of carbonyl (C=O) groups excluding carboxylic acids is 1. The first-order chi connectivity index (χ1) is 13.5. The Bertz CT molecular complexity index is 792. The van der Waals surface area contributed by atoms with Gasteiger partial charge >= 0.3 is 0 Å². The monoisotopic (exact) mass is 379 g/mol. The predicted octanol–water partition coefficient (Wildman–Crippen LogP) is 2.90. The lowest BCUT2D eigenvalue weighted by molar-refractivity contribution is -0.114. The van der Waals surface area contributed by atoms with Crippen molar-refractivity contribution in [2.24, 2.45) is 11.8 Å². The van der Waals surface area contributed by atoms with Gasteiger partial charge in [-0.15, -0.1) is 0 Å². The second-order valence-corrected chi connectivity index (χ2v) is 8.56. The first kappa shape index (κ1) is 19.1. The molecule has 1 aliphatic carbocycles. The average molecular weight is 380 g/mol. The second-order valence-electron chi connectivity index (χ2n) is 8.56. The van der Waals surface area contributed by atoms with Crippen LogP contribution in [0.1, 0.15) is 30.9 Å². The van der Waals surface area contributed by atoms with Crippen LogP contribution in [0, 0.1) is 11.8 Å². The van der Waals surface area contributed by atoms with Crippen LogP contribution in [0.2, 0.25) is 0 Å². The fourth-order valence-corrected chi connectivity index (χ4v) is 4.97. The number of hydrogen-bond donors (Lipinski definition) is 2. The number of anilines is 1. The first-order valence-electron chi connectivity index (χ1n) is 10.2. The number of rotatable bonds is 6. The van der Waals surface area contributed by atoms with Crippen LogP contribution >= 0.6 is 0 Å². The smallest absolute Gasteiger partial charge is 0.222 e. The molecule has 0 spiro atoms. The molecule has 148 valence electrons. The van der Waals surface area contributed by atoms with E-state index in [2.05, 4.69) is 27.3 Å². The summed E-state index contributed by atoms with van der Waals surface area (Å²) >= 11 is 0. The Balaban J connectivity index is 1.25. The Morgan fingerprint density at radius 3 is 2.46 bits per heavy atom. The number of likely N-dealkylation sites (tertiary alicyclic amines) is 1. The lowest BCUT2D eigenvalue weighted by Crippen LogP contribution is -2.32. The van der Waals surface area contributed by atoms with Gasteiger partial charge in [0.05, 0.1) is 5.60 Å². The summed E-state index contributed by atoms with van der Waals surface area (Å²) in [6.45, 7) is 4.67. The van der Waals surface area contributed by atoms with Gasteiger partial charge < -0.3 is 15.3 Å². The Morgan fingerprint density at radius 1 is 1.14 bits per heavy atom. The number of benzene rings is 1. The zero-order chi connectivity index (χ0) is 19.6. The number of pyridine rings is 1. The molecule has 5 nitrogen and oxygen atoms in total. The largest absolute Gasteiger partial charge is 0.390 e. The van der Waals surface area contributed by atoms with Crippen LogP contribution in [0.5, 0.6) is 0 Å². The predicted molar refractivity (Wildman–Crippen MR) is 110 cm³/mol. The Labute approximate surface area is 166 Å². The Kier molecular flexibility index (Phi) is 5.47. The second kappa shape index (κ2) is 8.02. The van der Waals surface area contributed by atoms with Crippen LogP contribution in [-0.2, 0) is 17.6 Å². The molecule has 1 saturated heterocycles. The normalized spacial score (nSPS) is 26.9. The van der Waals surface area contributed by atoms with Gasteiger partial charge in [0.2, 0.25) is 5.91 Å². The molecule has 1 aromatic heterocycles. The molecule has 2 aliphatic rings. The summed E-state index contributed by atoms with van der Waals surface area (Å²) in [5.74, 6) is 1.71. The van der Waals surface area contributed by atoms with Crippen LogP contribution in [-0.4, -0.2) is 46.1 Å². The van der Waals surface area contributed by atoms with Crippen molar-refractivity contribution in [1.82, 2.24) is 9.88 Å². The minimum absolute atomic E-state index is 0.101. The van der Waals surface area contributed by atoms with Gasteiger partial charge in [-0.25, -0.2) is 4.98 Å². The van der Waals surface area contributed by atoms with E-state index in [4.69, 9.17) is 0 Å². The zero-order valence-electron chi connectivity index (χ0n) is 16.5. The third-order valence-corrected chi connectivity index (χ3v) is 6.16. The number of aliphatic hydroxyl groups is 1. The molecule has 1 saturated carbocycles. The van der Waals surface area contributed by atoms with Crippen molar-refractivity contribution >= 4 is 11.7 Å². The van der Waals surface area contributed by atoms with Crippen molar-refractivity contribution < 1.29 is 9.90 Å². The van der Waals surface area contributed by atoms with Crippen LogP contribution in [0.4, 0.5) is 5.82 Å². The summed E-state index contributed by atoms with van der Waals surface area (Å²) in [5.41, 5.74) is 1.88. The molecule has 2 fully saturated rings. The van der Waals surface area contributed by atoms with Gasteiger partial charge in [0.15, 0.2) is 0 Å². The van der Waals surface area contributed by atoms with E-state index in [0.717, 1.165) is 45.3 Å². The maximum absolute atomic E-state index is 11.1. The minimum atomic E-state index is -0.535. The highest BCUT2D eigenvalue weighted by Gasteiger charge is 2.47. The summed E-state index contributed by atoms with van der Waals surface area (Å²) in [7, 11) is 0. The minimum Gasteiger partial charge on any atom is -0.390 e. The molecule has 1 amide bonds. The summed E-state index contributed by atoms with van der Waals surface area (Å²) < 4.78 is 0. The van der Waals surface area contributed by atoms with Crippen molar-refractivity contribution in [3.63, 3.8) is 0 Å². The number of hydrogen-bond acceptors (Lipinski definition) is 4. The number of amides is 1. The summed E-state index contributed by atoms with van der Waals surface area (Å²) in [5, 5.41) is 13.8. The molecule has 2 atom stereocenters. The van der Waals surface area contributed by atoms with Gasteiger partial charge in [0.25, 0.3) is 0 Å². The number of carbonyl (C=O) groups is 1. The maximum Gasteiger partial charge on any atom is 0.222 e. The third-order valence-electron chi connectivity index (χ3n) is 6.16. The highest BCUT2D eigenvalue weighted by Crippen LogP contribution is 2.45. The summed E-state index contributed by atoms with van der Waals surface area (Å²) in [4.78, 5) is 17.9. The van der Waals surface area contributed by atoms with Gasteiger partial charge in [-0.05, 0) is 48.3 Å². The molecule has 0 radical (unpaired) electrons.